The summed E-state index contributed by atoms with van der Waals surface area (Å²) in [5, 5.41) is 5.08. The molecule has 30 heavy (non-hydrogen) atoms. The first-order valence-corrected chi connectivity index (χ1v) is 12.0. The molecule has 4 rings (SSSR count). The van der Waals surface area contributed by atoms with Crippen LogP contribution in [0.4, 0.5) is 11.4 Å². The summed E-state index contributed by atoms with van der Waals surface area (Å²) in [5.74, 6) is -0.462. The van der Waals surface area contributed by atoms with E-state index in [0.717, 1.165) is 26.8 Å². The Kier molecular flexibility index (Phi) is 5.50. The third-order valence-corrected chi connectivity index (χ3v) is 6.49. The number of benzene rings is 2. The molecule has 0 spiro atoms. The number of halogens is 1. The van der Waals surface area contributed by atoms with Crippen LogP contribution in [0.2, 0.25) is 5.02 Å². The van der Waals surface area contributed by atoms with Gasteiger partial charge in [0.15, 0.2) is 4.96 Å². The SMILES string of the molecule is CS(=O)(=O)N(CC(=O)Nc1ccc(-c2cn3ccsc3n2)cc1)c1cccc(Cl)c1. The van der Waals surface area contributed by atoms with Crippen molar-refractivity contribution in [3.8, 4) is 11.3 Å². The van der Waals surface area contributed by atoms with E-state index in [1.54, 1.807) is 41.7 Å². The van der Waals surface area contributed by atoms with E-state index in [9.17, 15) is 13.2 Å². The Balaban J connectivity index is 1.48. The highest BCUT2D eigenvalue weighted by Crippen LogP contribution is 2.24. The van der Waals surface area contributed by atoms with E-state index in [4.69, 9.17) is 11.6 Å². The number of sulfonamides is 1. The fourth-order valence-corrected chi connectivity index (χ4v) is 4.69. The first kappa shape index (κ1) is 20.4. The Morgan fingerprint density at radius 2 is 2.00 bits per heavy atom. The maximum absolute atomic E-state index is 12.5. The van der Waals surface area contributed by atoms with Gasteiger partial charge in [-0.05, 0) is 30.3 Å². The largest absolute Gasteiger partial charge is 0.325 e. The van der Waals surface area contributed by atoms with Crippen molar-refractivity contribution in [2.24, 2.45) is 0 Å². The number of amides is 1. The quantitative estimate of drug-likeness (QED) is 0.469. The van der Waals surface area contributed by atoms with Crippen molar-refractivity contribution in [1.82, 2.24) is 9.38 Å². The minimum Gasteiger partial charge on any atom is -0.325 e. The molecule has 0 aliphatic rings. The van der Waals surface area contributed by atoms with Crippen molar-refractivity contribution in [1.29, 1.82) is 0 Å². The number of carbonyl (C=O) groups is 1. The number of rotatable bonds is 6. The normalized spacial score (nSPS) is 11.5. The van der Waals surface area contributed by atoms with Gasteiger partial charge in [-0.25, -0.2) is 13.4 Å². The molecule has 10 heteroatoms. The van der Waals surface area contributed by atoms with Gasteiger partial charge in [0, 0.05) is 34.0 Å². The molecule has 0 saturated carbocycles. The molecule has 4 aromatic rings. The van der Waals surface area contributed by atoms with Crippen LogP contribution in [-0.2, 0) is 14.8 Å². The third-order valence-electron chi connectivity index (χ3n) is 4.34. The number of carbonyl (C=O) groups excluding carboxylic acids is 1. The average molecular weight is 461 g/mol. The summed E-state index contributed by atoms with van der Waals surface area (Å²) in [6.07, 6.45) is 4.93. The molecule has 0 unspecified atom stereocenters. The minimum absolute atomic E-state index is 0.329. The lowest BCUT2D eigenvalue weighted by Gasteiger charge is -2.22. The number of aromatic nitrogens is 2. The number of nitrogens with one attached hydrogen (secondary N) is 1. The van der Waals surface area contributed by atoms with E-state index in [1.165, 1.54) is 6.07 Å². The van der Waals surface area contributed by atoms with Gasteiger partial charge < -0.3 is 5.32 Å². The minimum atomic E-state index is -3.67. The van der Waals surface area contributed by atoms with Gasteiger partial charge in [-0.15, -0.1) is 11.3 Å². The molecule has 0 bridgehead atoms. The highest BCUT2D eigenvalue weighted by molar-refractivity contribution is 7.92. The molecule has 0 fully saturated rings. The fourth-order valence-electron chi connectivity index (χ4n) is 2.95. The number of imidazole rings is 1. The maximum Gasteiger partial charge on any atom is 0.245 e. The van der Waals surface area contributed by atoms with Gasteiger partial charge in [0.2, 0.25) is 15.9 Å². The van der Waals surface area contributed by atoms with E-state index in [0.29, 0.717) is 16.4 Å². The van der Waals surface area contributed by atoms with Crippen molar-refractivity contribution < 1.29 is 13.2 Å². The van der Waals surface area contributed by atoms with Crippen LogP contribution >= 0.6 is 22.9 Å². The van der Waals surface area contributed by atoms with Crippen LogP contribution in [0.5, 0.6) is 0 Å². The number of hydrogen-bond acceptors (Lipinski definition) is 5. The monoisotopic (exact) mass is 460 g/mol. The average Bonchev–Trinajstić information content (AvgIpc) is 3.28. The van der Waals surface area contributed by atoms with Gasteiger partial charge in [0.25, 0.3) is 0 Å². The Bertz CT molecular complexity index is 1280. The molecule has 2 aromatic heterocycles. The predicted molar refractivity (Wildman–Crippen MR) is 121 cm³/mol. The summed E-state index contributed by atoms with van der Waals surface area (Å²) < 4.78 is 27.3. The van der Waals surface area contributed by atoms with Gasteiger partial charge >= 0.3 is 0 Å². The molecule has 2 heterocycles. The Morgan fingerprint density at radius 1 is 1.23 bits per heavy atom. The van der Waals surface area contributed by atoms with Crippen LogP contribution in [0.25, 0.3) is 16.2 Å². The van der Waals surface area contributed by atoms with Gasteiger partial charge in [0.05, 0.1) is 17.6 Å². The molecule has 0 aliphatic carbocycles. The fraction of sp³-hybridized carbons (Fsp3) is 0.100. The Hall–Kier alpha value is -2.88. The van der Waals surface area contributed by atoms with E-state index in [-0.39, 0.29) is 6.54 Å². The first-order valence-electron chi connectivity index (χ1n) is 8.85. The predicted octanol–water partition coefficient (Wildman–Crippen LogP) is 4.12. The lowest BCUT2D eigenvalue weighted by atomic mass is 10.1. The van der Waals surface area contributed by atoms with E-state index < -0.39 is 15.9 Å². The number of hydrogen-bond donors (Lipinski definition) is 1. The summed E-state index contributed by atoms with van der Waals surface area (Å²) >= 11 is 7.51. The summed E-state index contributed by atoms with van der Waals surface area (Å²) in [6, 6.07) is 13.6. The molecule has 1 N–H and O–H groups in total. The molecular formula is C20H17ClN4O3S2. The van der Waals surface area contributed by atoms with Crippen molar-refractivity contribution in [2.45, 2.75) is 0 Å². The van der Waals surface area contributed by atoms with Gasteiger partial charge in [-0.1, -0.05) is 29.8 Å². The van der Waals surface area contributed by atoms with Crippen LogP contribution in [0, 0.1) is 0 Å². The smallest absolute Gasteiger partial charge is 0.245 e. The lowest BCUT2D eigenvalue weighted by molar-refractivity contribution is -0.114. The highest BCUT2D eigenvalue weighted by atomic mass is 35.5. The second kappa shape index (κ2) is 8.10. The molecule has 0 saturated heterocycles. The second-order valence-corrected chi connectivity index (χ2v) is 9.81. The summed E-state index contributed by atoms with van der Waals surface area (Å²) in [7, 11) is -3.67. The van der Waals surface area contributed by atoms with Crippen LogP contribution in [0.3, 0.4) is 0 Å². The molecule has 2 aromatic carbocycles. The number of thiazole rings is 1. The number of anilines is 2. The molecular weight excluding hydrogens is 444 g/mol. The van der Waals surface area contributed by atoms with Gasteiger partial charge in [-0.3, -0.25) is 13.5 Å². The highest BCUT2D eigenvalue weighted by Gasteiger charge is 2.21. The molecule has 154 valence electrons. The lowest BCUT2D eigenvalue weighted by Crippen LogP contribution is -2.37. The zero-order chi connectivity index (χ0) is 21.3. The number of nitrogens with zero attached hydrogens (tertiary/aromatic N) is 3. The topological polar surface area (TPSA) is 83.8 Å². The first-order chi connectivity index (χ1) is 14.3. The molecule has 0 atom stereocenters. The third kappa shape index (κ3) is 4.48. The zero-order valence-corrected chi connectivity index (χ0v) is 18.2. The van der Waals surface area contributed by atoms with E-state index >= 15 is 0 Å². The Morgan fingerprint density at radius 3 is 2.67 bits per heavy atom. The van der Waals surface area contributed by atoms with Crippen LogP contribution in [0.15, 0.2) is 66.3 Å². The molecule has 0 radical (unpaired) electrons. The zero-order valence-electron chi connectivity index (χ0n) is 15.8. The van der Waals surface area contributed by atoms with Gasteiger partial charge in [-0.2, -0.15) is 0 Å². The van der Waals surface area contributed by atoms with Gasteiger partial charge in [0.1, 0.15) is 6.54 Å². The Labute approximate surface area is 182 Å². The van der Waals surface area contributed by atoms with Crippen molar-refractivity contribution in [3.63, 3.8) is 0 Å². The van der Waals surface area contributed by atoms with Crippen LogP contribution in [-0.4, -0.2) is 36.5 Å². The molecule has 1 amide bonds. The molecule has 7 nitrogen and oxygen atoms in total. The van der Waals surface area contributed by atoms with Crippen molar-refractivity contribution in [3.05, 3.63) is 71.3 Å². The van der Waals surface area contributed by atoms with Crippen molar-refractivity contribution >= 4 is 55.2 Å². The second-order valence-electron chi connectivity index (χ2n) is 6.59. The standard InChI is InChI=1S/C20H17ClN4O3S2/c1-30(27,28)25(17-4-2-3-15(21)11-17)13-19(26)22-16-7-5-14(6-8-16)18-12-24-9-10-29-20(24)23-18/h2-12H,13H2,1H3,(H,22,26). The summed E-state index contributed by atoms with van der Waals surface area (Å²) in [6.45, 7) is -0.363. The number of fused-ring (bicyclic) bond motifs is 1. The summed E-state index contributed by atoms with van der Waals surface area (Å²) in [5.41, 5.74) is 2.64. The van der Waals surface area contributed by atoms with Crippen LogP contribution in [0.1, 0.15) is 0 Å². The van der Waals surface area contributed by atoms with E-state index in [2.05, 4.69) is 10.3 Å². The maximum atomic E-state index is 12.5. The van der Waals surface area contributed by atoms with E-state index in [1.807, 2.05) is 34.3 Å². The van der Waals surface area contributed by atoms with Crippen molar-refractivity contribution in [2.75, 3.05) is 22.4 Å². The molecule has 0 aliphatic heterocycles. The summed E-state index contributed by atoms with van der Waals surface area (Å²) in [4.78, 5) is 18.0. The van der Waals surface area contributed by atoms with Crippen LogP contribution < -0.4 is 9.62 Å².